The zero-order valence-electron chi connectivity index (χ0n) is 8.88. The van der Waals surface area contributed by atoms with Crippen LogP contribution in [0.3, 0.4) is 0 Å². The lowest BCUT2D eigenvalue weighted by Crippen LogP contribution is -2.18. The molecule has 2 unspecified atom stereocenters. The van der Waals surface area contributed by atoms with Crippen molar-refractivity contribution in [3.63, 3.8) is 0 Å². The van der Waals surface area contributed by atoms with Gasteiger partial charge in [-0.15, -0.1) is 22.9 Å². The molecular weight excluding hydrogens is 216 g/mol. The van der Waals surface area contributed by atoms with Crippen LogP contribution in [0.25, 0.3) is 0 Å². The van der Waals surface area contributed by atoms with Crippen LogP contribution < -0.4 is 5.32 Å². The number of aryl methyl sites for hydroxylation is 1. The summed E-state index contributed by atoms with van der Waals surface area (Å²) in [6, 6.07) is 0.387. The Morgan fingerprint density at radius 1 is 1.57 bits per heavy atom. The van der Waals surface area contributed by atoms with Crippen LogP contribution in [0.15, 0.2) is 5.38 Å². The molecule has 0 aromatic carbocycles. The maximum atomic E-state index is 5.91. The first-order valence-electron chi connectivity index (χ1n) is 4.96. The van der Waals surface area contributed by atoms with Crippen LogP contribution in [-0.2, 0) is 6.42 Å². The number of aromatic nitrogens is 1. The molecule has 0 amide bonds. The van der Waals surface area contributed by atoms with E-state index < -0.39 is 0 Å². The first-order chi connectivity index (χ1) is 6.61. The summed E-state index contributed by atoms with van der Waals surface area (Å²) in [6.45, 7) is 6.26. The van der Waals surface area contributed by atoms with Crippen molar-refractivity contribution in [3.05, 3.63) is 11.1 Å². The minimum Gasteiger partial charge on any atom is -0.359 e. The molecule has 1 rings (SSSR count). The zero-order chi connectivity index (χ0) is 10.6. The van der Waals surface area contributed by atoms with Crippen molar-refractivity contribution < 1.29 is 0 Å². The maximum absolute atomic E-state index is 5.91. The molecule has 2 nitrogen and oxygen atoms in total. The van der Waals surface area contributed by atoms with Gasteiger partial charge in [0, 0.05) is 16.8 Å². The van der Waals surface area contributed by atoms with E-state index in [-0.39, 0.29) is 5.38 Å². The van der Waals surface area contributed by atoms with Crippen molar-refractivity contribution in [2.24, 2.45) is 0 Å². The van der Waals surface area contributed by atoms with Crippen molar-refractivity contribution in [1.29, 1.82) is 0 Å². The predicted octanol–water partition coefficient (Wildman–Crippen LogP) is 3.52. The Morgan fingerprint density at radius 2 is 2.29 bits per heavy atom. The Hall–Kier alpha value is -0.280. The highest BCUT2D eigenvalue weighted by molar-refractivity contribution is 7.13. The number of hydrogen-bond acceptors (Lipinski definition) is 3. The lowest BCUT2D eigenvalue weighted by atomic mass is 10.2. The third-order valence-electron chi connectivity index (χ3n) is 1.96. The molecule has 0 saturated heterocycles. The summed E-state index contributed by atoms with van der Waals surface area (Å²) in [6.07, 6.45) is 1.96. The molecule has 2 atom stereocenters. The minimum absolute atomic E-state index is 0.211. The molecule has 0 radical (unpaired) electrons. The van der Waals surface area contributed by atoms with E-state index in [2.05, 4.69) is 29.5 Å². The lowest BCUT2D eigenvalue weighted by Gasteiger charge is -2.13. The summed E-state index contributed by atoms with van der Waals surface area (Å²) >= 11 is 7.58. The van der Waals surface area contributed by atoms with Crippen molar-refractivity contribution in [2.45, 2.75) is 45.0 Å². The summed E-state index contributed by atoms with van der Waals surface area (Å²) in [7, 11) is 0. The van der Waals surface area contributed by atoms with E-state index in [1.54, 1.807) is 11.3 Å². The third-order valence-corrected chi connectivity index (χ3v) is 2.96. The van der Waals surface area contributed by atoms with E-state index >= 15 is 0 Å². The Morgan fingerprint density at radius 3 is 2.79 bits per heavy atom. The molecular formula is C10H17ClN2S. The number of anilines is 1. The number of hydrogen-bond donors (Lipinski definition) is 1. The second kappa shape index (κ2) is 5.56. The number of nitrogens with one attached hydrogen (secondary N) is 1. The van der Waals surface area contributed by atoms with E-state index in [0.717, 1.165) is 23.7 Å². The second-order valence-corrected chi connectivity index (χ2v) is 5.16. The average molecular weight is 233 g/mol. The van der Waals surface area contributed by atoms with Crippen molar-refractivity contribution in [1.82, 2.24) is 4.98 Å². The summed E-state index contributed by atoms with van der Waals surface area (Å²) < 4.78 is 0. The van der Waals surface area contributed by atoms with Gasteiger partial charge in [-0.3, -0.25) is 0 Å². The second-order valence-electron chi connectivity index (χ2n) is 3.56. The molecule has 14 heavy (non-hydrogen) atoms. The molecule has 0 fully saturated rings. The van der Waals surface area contributed by atoms with Crippen molar-refractivity contribution in [2.75, 3.05) is 5.32 Å². The van der Waals surface area contributed by atoms with Gasteiger partial charge in [-0.2, -0.15) is 0 Å². The normalized spacial score (nSPS) is 15.1. The molecule has 4 heteroatoms. The van der Waals surface area contributed by atoms with E-state index in [4.69, 9.17) is 11.6 Å². The van der Waals surface area contributed by atoms with Crippen LogP contribution in [0.2, 0.25) is 0 Å². The van der Waals surface area contributed by atoms with E-state index in [0.29, 0.717) is 6.04 Å². The van der Waals surface area contributed by atoms with Gasteiger partial charge < -0.3 is 5.32 Å². The Balaban J connectivity index is 2.43. The number of alkyl halides is 1. The third kappa shape index (κ3) is 3.84. The Bertz CT molecular complexity index is 273. The van der Waals surface area contributed by atoms with E-state index in [9.17, 15) is 0 Å². The molecule has 80 valence electrons. The summed E-state index contributed by atoms with van der Waals surface area (Å²) in [4.78, 5) is 4.44. The summed E-state index contributed by atoms with van der Waals surface area (Å²) in [5, 5.41) is 6.66. The minimum atomic E-state index is 0.211. The number of nitrogens with zero attached hydrogens (tertiary/aromatic N) is 1. The standard InChI is InChI=1S/C10H17ClN2S/c1-4-9-6-14-10(13-9)12-8(3)5-7(2)11/h6-8H,4-5H2,1-3H3,(H,12,13). The molecule has 0 bridgehead atoms. The molecule has 1 aromatic rings. The highest BCUT2D eigenvalue weighted by atomic mass is 35.5. The molecule has 1 N–H and O–H groups in total. The van der Waals surface area contributed by atoms with Gasteiger partial charge in [-0.05, 0) is 26.7 Å². The fourth-order valence-electron chi connectivity index (χ4n) is 1.29. The van der Waals surface area contributed by atoms with Crippen LogP contribution in [0.1, 0.15) is 32.9 Å². The lowest BCUT2D eigenvalue weighted by molar-refractivity contribution is 0.695. The fraction of sp³-hybridized carbons (Fsp3) is 0.700. The van der Waals surface area contributed by atoms with Crippen LogP contribution >= 0.6 is 22.9 Å². The van der Waals surface area contributed by atoms with Crippen LogP contribution in [0.4, 0.5) is 5.13 Å². The van der Waals surface area contributed by atoms with Crippen LogP contribution in [0, 0.1) is 0 Å². The van der Waals surface area contributed by atoms with Crippen LogP contribution in [-0.4, -0.2) is 16.4 Å². The largest absolute Gasteiger partial charge is 0.359 e. The van der Waals surface area contributed by atoms with Gasteiger partial charge in [0.1, 0.15) is 0 Å². The SMILES string of the molecule is CCc1csc(NC(C)CC(C)Cl)n1. The average Bonchev–Trinajstić information content (AvgIpc) is 2.50. The Kier molecular flexibility index (Phi) is 4.69. The highest BCUT2D eigenvalue weighted by Gasteiger charge is 2.08. The molecule has 0 saturated carbocycles. The molecule has 1 aromatic heterocycles. The fourth-order valence-corrected chi connectivity index (χ4v) is 2.47. The van der Waals surface area contributed by atoms with Crippen molar-refractivity contribution >= 4 is 28.1 Å². The van der Waals surface area contributed by atoms with Gasteiger partial charge in [-0.25, -0.2) is 4.98 Å². The predicted molar refractivity (Wildman–Crippen MR) is 64.5 cm³/mol. The van der Waals surface area contributed by atoms with E-state index in [1.807, 2.05) is 6.92 Å². The zero-order valence-corrected chi connectivity index (χ0v) is 10.5. The molecule has 0 spiro atoms. The smallest absolute Gasteiger partial charge is 0.183 e. The summed E-state index contributed by atoms with van der Waals surface area (Å²) in [5.74, 6) is 0. The van der Waals surface area contributed by atoms with Crippen LogP contribution in [0.5, 0.6) is 0 Å². The van der Waals surface area contributed by atoms with Gasteiger partial charge in [-0.1, -0.05) is 6.92 Å². The summed E-state index contributed by atoms with van der Waals surface area (Å²) in [5.41, 5.74) is 1.16. The van der Waals surface area contributed by atoms with Gasteiger partial charge in [0.15, 0.2) is 5.13 Å². The van der Waals surface area contributed by atoms with E-state index in [1.165, 1.54) is 0 Å². The topological polar surface area (TPSA) is 24.9 Å². The highest BCUT2D eigenvalue weighted by Crippen LogP contribution is 2.18. The number of rotatable bonds is 5. The van der Waals surface area contributed by atoms with Gasteiger partial charge >= 0.3 is 0 Å². The maximum Gasteiger partial charge on any atom is 0.183 e. The van der Waals surface area contributed by atoms with Gasteiger partial charge in [0.25, 0.3) is 0 Å². The first-order valence-corrected chi connectivity index (χ1v) is 6.28. The molecule has 0 aliphatic rings. The first kappa shape index (κ1) is 11.8. The number of halogens is 1. The molecule has 0 aliphatic carbocycles. The molecule has 0 aliphatic heterocycles. The van der Waals surface area contributed by atoms with Gasteiger partial charge in [0.05, 0.1) is 5.69 Å². The van der Waals surface area contributed by atoms with Gasteiger partial charge in [0.2, 0.25) is 0 Å². The quantitative estimate of drug-likeness (QED) is 0.786. The number of thiazole rings is 1. The Labute approximate surface area is 94.7 Å². The van der Waals surface area contributed by atoms with Crippen molar-refractivity contribution in [3.8, 4) is 0 Å². The molecule has 1 heterocycles. The monoisotopic (exact) mass is 232 g/mol.